The number of hydrogen-bond donors (Lipinski definition) is 1. The van der Waals surface area contributed by atoms with Crippen LogP contribution >= 0.6 is 39.1 Å². The van der Waals surface area contributed by atoms with Crippen LogP contribution in [0.25, 0.3) is 0 Å². The average molecular weight is 389 g/mol. The molecule has 0 aliphatic carbocycles. The summed E-state index contributed by atoms with van der Waals surface area (Å²) >= 11 is 15.8. The molecule has 0 spiro atoms. The Morgan fingerprint density at radius 1 is 1.10 bits per heavy atom. The van der Waals surface area contributed by atoms with Crippen molar-refractivity contribution in [2.75, 3.05) is 18.5 Å². The number of para-hydroxylation sites is 1. The van der Waals surface area contributed by atoms with E-state index in [1.165, 1.54) is 0 Å². The minimum atomic E-state index is 0.549. The molecule has 110 valence electrons. The lowest BCUT2D eigenvalue weighted by atomic mass is 10.1. The van der Waals surface area contributed by atoms with Gasteiger partial charge in [0.05, 0.1) is 15.7 Å². The van der Waals surface area contributed by atoms with Crippen molar-refractivity contribution in [3.63, 3.8) is 0 Å². The molecule has 2 aromatic rings. The maximum absolute atomic E-state index is 6.21. The Kier molecular flexibility index (Phi) is 4.48. The van der Waals surface area contributed by atoms with Crippen LogP contribution in [0.3, 0.4) is 0 Å². The van der Waals surface area contributed by atoms with E-state index in [-0.39, 0.29) is 0 Å². The molecular weight excluding hydrogens is 377 g/mol. The highest BCUT2D eigenvalue weighted by Gasteiger charge is 2.16. The third-order valence-corrected chi connectivity index (χ3v) is 4.16. The summed E-state index contributed by atoms with van der Waals surface area (Å²) in [5.74, 6) is 1.55. The second-order valence-electron chi connectivity index (χ2n) is 4.54. The SMILES string of the molecule is Clc1cc(Br)cc(Cl)c1NCc1cccc2c1OCCO2. The molecule has 21 heavy (non-hydrogen) atoms. The molecular formula is C15H12BrCl2NO2. The molecule has 1 N–H and O–H groups in total. The van der Waals surface area contributed by atoms with E-state index in [9.17, 15) is 0 Å². The number of benzene rings is 2. The molecule has 0 aromatic heterocycles. The minimum absolute atomic E-state index is 0.549. The summed E-state index contributed by atoms with van der Waals surface area (Å²) < 4.78 is 12.1. The molecule has 0 amide bonds. The van der Waals surface area contributed by atoms with Crippen LogP contribution in [-0.2, 0) is 6.54 Å². The summed E-state index contributed by atoms with van der Waals surface area (Å²) in [7, 11) is 0. The van der Waals surface area contributed by atoms with Crippen molar-refractivity contribution in [2.24, 2.45) is 0 Å². The highest BCUT2D eigenvalue weighted by atomic mass is 79.9. The Hall–Kier alpha value is -1.10. The van der Waals surface area contributed by atoms with Gasteiger partial charge < -0.3 is 14.8 Å². The summed E-state index contributed by atoms with van der Waals surface area (Å²) in [6.07, 6.45) is 0. The van der Waals surface area contributed by atoms with Crippen LogP contribution in [0.4, 0.5) is 5.69 Å². The molecule has 3 rings (SSSR count). The maximum atomic E-state index is 6.21. The Balaban J connectivity index is 1.83. The van der Waals surface area contributed by atoms with Crippen molar-refractivity contribution in [3.8, 4) is 11.5 Å². The monoisotopic (exact) mass is 387 g/mol. The number of fused-ring (bicyclic) bond motifs is 1. The first-order valence-corrected chi connectivity index (χ1v) is 7.96. The van der Waals surface area contributed by atoms with E-state index in [0.29, 0.717) is 35.5 Å². The van der Waals surface area contributed by atoms with Gasteiger partial charge in [0.1, 0.15) is 13.2 Å². The maximum Gasteiger partial charge on any atom is 0.166 e. The van der Waals surface area contributed by atoms with Gasteiger partial charge in [-0.1, -0.05) is 51.3 Å². The van der Waals surface area contributed by atoms with Crippen LogP contribution in [0, 0.1) is 0 Å². The van der Waals surface area contributed by atoms with Crippen molar-refractivity contribution in [1.29, 1.82) is 0 Å². The fraction of sp³-hybridized carbons (Fsp3) is 0.200. The molecule has 2 aromatic carbocycles. The second kappa shape index (κ2) is 6.34. The number of nitrogens with one attached hydrogen (secondary N) is 1. The summed E-state index contributed by atoms with van der Waals surface area (Å²) in [6.45, 7) is 1.69. The van der Waals surface area contributed by atoms with Gasteiger partial charge in [0.2, 0.25) is 0 Å². The Morgan fingerprint density at radius 2 is 1.81 bits per heavy atom. The number of hydrogen-bond acceptors (Lipinski definition) is 3. The van der Waals surface area contributed by atoms with Crippen molar-refractivity contribution in [2.45, 2.75) is 6.54 Å². The van der Waals surface area contributed by atoms with Gasteiger partial charge in [-0.2, -0.15) is 0 Å². The van der Waals surface area contributed by atoms with E-state index in [1.54, 1.807) is 12.1 Å². The lowest BCUT2D eigenvalue weighted by Gasteiger charge is -2.21. The molecule has 0 saturated heterocycles. The molecule has 1 heterocycles. The Morgan fingerprint density at radius 3 is 2.57 bits per heavy atom. The summed E-state index contributed by atoms with van der Waals surface area (Å²) in [5.41, 5.74) is 1.71. The smallest absolute Gasteiger partial charge is 0.166 e. The second-order valence-corrected chi connectivity index (χ2v) is 6.27. The van der Waals surface area contributed by atoms with Gasteiger partial charge in [0, 0.05) is 16.6 Å². The fourth-order valence-electron chi connectivity index (χ4n) is 2.17. The molecule has 0 unspecified atom stereocenters. The molecule has 0 radical (unpaired) electrons. The number of rotatable bonds is 3. The molecule has 3 nitrogen and oxygen atoms in total. The zero-order valence-corrected chi connectivity index (χ0v) is 14.1. The van der Waals surface area contributed by atoms with Gasteiger partial charge >= 0.3 is 0 Å². The van der Waals surface area contributed by atoms with Crippen LogP contribution in [0.5, 0.6) is 11.5 Å². The van der Waals surface area contributed by atoms with Crippen LogP contribution in [0.2, 0.25) is 10.0 Å². The zero-order chi connectivity index (χ0) is 14.8. The summed E-state index contributed by atoms with van der Waals surface area (Å²) in [6, 6.07) is 9.43. The predicted octanol–water partition coefficient (Wildman–Crippen LogP) is 5.14. The number of halogens is 3. The van der Waals surface area contributed by atoms with E-state index >= 15 is 0 Å². The summed E-state index contributed by atoms with van der Waals surface area (Å²) in [5, 5.41) is 4.39. The number of anilines is 1. The Labute approximate surface area is 141 Å². The topological polar surface area (TPSA) is 30.5 Å². The van der Waals surface area contributed by atoms with Crippen LogP contribution in [0.15, 0.2) is 34.8 Å². The van der Waals surface area contributed by atoms with Gasteiger partial charge in [0.25, 0.3) is 0 Å². The lowest BCUT2D eigenvalue weighted by Crippen LogP contribution is -2.17. The van der Waals surface area contributed by atoms with Crippen LogP contribution in [-0.4, -0.2) is 13.2 Å². The van der Waals surface area contributed by atoms with Gasteiger partial charge in [-0.3, -0.25) is 0 Å². The average Bonchev–Trinajstić information content (AvgIpc) is 2.46. The third-order valence-electron chi connectivity index (χ3n) is 3.11. The highest BCUT2D eigenvalue weighted by Crippen LogP contribution is 2.37. The van der Waals surface area contributed by atoms with Crippen molar-refractivity contribution in [3.05, 3.63) is 50.4 Å². The largest absolute Gasteiger partial charge is 0.486 e. The van der Waals surface area contributed by atoms with E-state index in [1.807, 2.05) is 18.2 Å². The van der Waals surface area contributed by atoms with Crippen LogP contribution in [0.1, 0.15) is 5.56 Å². The van der Waals surface area contributed by atoms with Crippen molar-refractivity contribution in [1.82, 2.24) is 0 Å². The lowest BCUT2D eigenvalue weighted by molar-refractivity contribution is 0.170. The van der Waals surface area contributed by atoms with Gasteiger partial charge in [-0.05, 0) is 18.2 Å². The molecule has 0 atom stereocenters. The van der Waals surface area contributed by atoms with Gasteiger partial charge in [-0.15, -0.1) is 0 Å². The van der Waals surface area contributed by atoms with Gasteiger partial charge in [0.15, 0.2) is 11.5 Å². The standard InChI is InChI=1S/C15H12BrCl2NO2/c16-10-6-11(17)14(12(18)7-10)19-8-9-2-1-3-13-15(9)21-5-4-20-13/h1-3,6-7,19H,4-5,8H2. The predicted molar refractivity (Wildman–Crippen MR) is 88.9 cm³/mol. The molecule has 1 aliphatic heterocycles. The first kappa shape index (κ1) is 14.8. The highest BCUT2D eigenvalue weighted by molar-refractivity contribution is 9.10. The Bertz CT molecular complexity index is 656. The third kappa shape index (κ3) is 3.23. The van der Waals surface area contributed by atoms with Crippen molar-refractivity contribution >= 4 is 44.8 Å². The first-order chi connectivity index (χ1) is 10.1. The van der Waals surface area contributed by atoms with Crippen LogP contribution < -0.4 is 14.8 Å². The minimum Gasteiger partial charge on any atom is -0.486 e. The summed E-state index contributed by atoms with van der Waals surface area (Å²) in [4.78, 5) is 0. The van der Waals surface area contributed by atoms with E-state index < -0.39 is 0 Å². The molecule has 1 aliphatic rings. The molecule has 6 heteroatoms. The molecule has 0 saturated carbocycles. The van der Waals surface area contributed by atoms with Crippen molar-refractivity contribution < 1.29 is 9.47 Å². The fourth-order valence-corrected chi connectivity index (χ4v) is 3.51. The first-order valence-electron chi connectivity index (χ1n) is 6.41. The van der Waals surface area contributed by atoms with Gasteiger partial charge in [-0.25, -0.2) is 0 Å². The van der Waals surface area contributed by atoms with E-state index in [4.69, 9.17) is 32.7 Å². The normalized spacial score (nSPS) is 13.1. The van der Waals surface area contributed by atoms with E-state index in [0.717, 1.165) is 21.5 Å². The van der Waals surface area contributed by atoms with E-state index in [2.05, 4.69) is 21.2 Å². The quantitative estimate of drug-likeness (QED) is 0.789. The molecule has 0 bridgehead atoms. The molecule has 0 fully saturated rings. The number of ether oxygens (including phenoxy) is 2. The zero-order valence-electron chi connectivity index (χ0n) is 11.0.